The van der Waals surface area contributed by atoms with Gasteiger partial charge < -0.3 is 5.32 Å². The molecule has 110 valence electrons. The maximum atomic E-state index is 11.6. The Kier molecular flexibility index (Phi) is 5.31. The van der Waals surface area contributed by atoms with Gasteiger partial charge in [0.25, 0.3) is 0 Å². The van der Waals surface area contributed by atoms with Crippen LogP contribution in [0, 0.1) is 0 Å². The summed E-state index contributed by atoms with van der Waals surface area (Å²) in [6, 6.07) is 2.05. The van der Waals surface area contributed by atoms with Crippen molar-refractivity contribution in [3.63, 3.8) is 0 Å². The standard InChI is InChI=1S/C14H23N5O/c1-3-5-15-14(20)12-19-9-7-18(8-10-19)11-13-4-6-16-17(13)2/h3-4,6H,1,5,7-12H2,2H3,(H,15,20). The van der Waals surface area contributed by atoms with E-state index in [4.69, 9.17) is 0 Å². The van der Waals surface area contributed by atoms with Gasteiger partial charge in [-0.1, -0.05) is 6.08 Å². The molecule has 0 aliphatic carbocycles. The van der Waals surface area contributed by atoms with Crippen LogP contribution in [0.25, 0.3) is 0 Å². The lowest BCUT2D eigenvalue weighted by molar-refractivity contribution is -0.122. The Morgan fingerprint density at radius 2 is 2.10 bits per heavy atom. The topological polar surface area (TPSA) is 53.4 Å². The number of nitrogens with zero attached hydrogens (tertiary/aromatic N) is 4. The summed E-state index contributed by atoms with van der Waals surface area (Å²) >= 11 is 0. The van der Waals surface area contributed by atoms with Crippen molar-refractivity contribution < 1.29 is 4.79 Å². The van der Waals surface area contributed by atoms with Crippen LogP contribution >= 0.6 is 0 Å². The van der Waals surface area contributed by atoms with Gasteiger partial charge in [-0.15, -0.1) is 6.58 Å². The first kappa shape index (κ1) is 14.7. The van der Waals surface area contributed by atoms with E-state index in [1.54, 1.807) is 6.08 Å². The lowest BCUT2D eigenvalue weighted by Gasteiger charge is -2.34. The van der Waals surface area contributed by atoms with Crippen LogP contribution in [0.3, 0.4) is 0 Å². The van der Waals surface area contributed by atoms with E-state index >= 15 is 0 Å². The summed E-state index contributed by atoms with van der Waals surface area (Å²) in [6.07, 6.45) is 3.53. The number of nitrogens with one attached hydrogen (secondary N) is 1. The zero-order chi connectivity index (χ0) is 14.4. The Labute approximate surface area is 120 Å². The van der Waals surface area contributed by atoms with Crippen molar-refractivity contribution >= 4 is 5.91 Å². The van der Waals surface area contributed by atoms with Gasteiger partial charge in [0.15, 0.2) is 0 Å². The molecule has 0 saturated carbocycles. The third kappa shape index (κ3) is 4.18. The highest BCUT2D eigenvalue weighted by molar-refractivity contribution is 5.78. The predicted octanol–water partition coefficient (Wildman–Crippen LogP) is -0.160. The first-order chi connectivity index (χ1) is 9.69. The Morgan fingerprint density at radius 1 is 1.40 bits per heavy atom. The van der Waals surface area contributed by atoms with Crippen LogP contribution < -0.4 is 5.32 Å². The number of hydrogen-bond acceptors (Lipinski definition) is 4. The van der Waals surface area contributed by atoms with Gasteiger partial charge in [0.05, 0.1) is 12.2 Å². The number of carbonyl (C=O) groups excluding carboxylic acids is 1. The molecule has 0 radical (unpaired) electrons. The summed E-state index contributed by atoms with van der Waals surface area (Å²) in [5.41, 5.74) is 1.22. The minimum absolute atomic E-state index is 0.0741. The Bertz CT molecular complexity index is 448. The predicted molar refractivity (Wildman–Crippen MR) is 78.1 cm³/mol. The zero-order valence-corrected chi connectivity index (χ0v) is 12.1. The van der Waals surface area contributed by atoms with Crippen molar-refractivity contribution in [2.24, 2.45) is 7.05 Å². The number of aryl methyl sites for hydroxylation is 1. The molecule has 0 atom stereocenters. The molecular weight excluding hydrogens is 254 g/mol. The van der Waals surface area contributed by atoms with E-state index in [0.29, 0.717) is 13.1 Å². The van der Waals surface area contributed by atoms with Crippen LogP contribution in [0.2, 0.25) is 0 Å². The van der Waals surface area contributed by atoms with E-state index in [-0.39, 0.29) is 5.91 Å². The molecule has 20 heavy (non-hydrogen) atoms. The maximum Gasteiger partial charge on any atom is 0.234 e. The molecule has 0 aromatic carbocycles. The van der Waals surface area contributed by atoms with Crippen LogP contribution in [0.4, 0.5) is 0 Å². The highest BCUT2D eigenvalue weighted by Gasteiger charge is 2.19. The van der Waals surface area contributed by atoms with Gasteiger partial charge in [0.1, 0.15) is 0 Å². The van der Waals surface area contributed by atoms with Crippen LogP contribution in [-0.2, 0) is 18.4 Å². The maximum absolute atomic E-state index is 11.6. The first-order valence-electron chi connectivity index (χ1n) is 6.98. The van der Waals surface area contributed by atoms with Crippen LogP contribution in [-0.4, -0.2) is 64.8 Å². The van der Waals surface area contributed by atoms with E-state index < -0.39 is 0 Å². The molecule has 0 unspecified atom stereocenters. The van der Waals surface area contributed by atoms with Gasteiger partial charge in [-0.2, -0.15) is 5.10 Å². The molecule has 0 bridgehead atoms. The van der Waals surface area contributed by atoms with Crippen molar-refractivity contribution in [1.29, 1.82) is 0 Å². The van der Waals surface area contributed by atoms with Gasteiger partial charge in [-0.05, 0) is 6.07 Å². The molecule has 0 spiro atoms. The number of amides is 1. The Balaban J connectivity index is 1.71. The van der Waals surface area contributed by atoms with E-state index in [1.807, 2.05) is 17.9 Å². The van der Waals surface area contributed by atoms with Gasteiger partial charge >= 0.3 is 0 Å². The molecule has 1 amide bonds. The van der Waals surface area contributed by atoms with E-state index in [9.17, 15) is 4.79 Å². The van der Waals surface area contributed by atoms with Crippen LogP contribution in [0.1, 0.15) is 5.69 Å². The molecule has 6 heteroatoms. The van der Waals surface area contributed by atoms with Crippen molar-refractivity contribution in [2.75, 3.05) is 39.3 Å². The number of piperazine rings is 1. The minimum atomic E-state index is 0.0741. The average Bonchev–Trinajstić information content (AvgIpc) is 2.84. The number of rotatable bonds is 6. The molecule has 1 N–H and O–H groups in total. The zero-order valence-electron chi connectivity index (χ0n) is 12.1. The number of hydrogen-bond donors (Lipinski definition) is 1. The summed E-state index contributed by atoms with van der Waals surface area (Å²) in [5, 5.41) is 6.99. The summed E-state index contributed by atoms with van der Waals surface area (Å²) in [4.78, 5) is 16.2. The molecular formula is C14H23N5O. The highest BCUT2D eigenvalue weighted by Crippen LogP contribution is 2.07. The highest BCUT2D eigenvalue weighted by atomic mass is 16.2. The summed E-state index contributed by atoms with van der Waals surface area (Å²) in [5.74, 6) is 0.0741. The fourth-order valence-electron chi connectivity index (χ4n) is 2.34. The normalized spacial score (nSPS) is 17.1. The van der Waals surface area contributed by atoms with Gasteiger partial charge in [0.2, 0.25) is 5.91 Å². The monoisotopic (exact) mass is 277 g/mol. The number of aromatic nitrogens is 2. The van der Waals surface area contributed by atoms with Crippen LogP contribution in [0.15, 0.2) is 24.9 Å². The van der Waals surface area contributed by atoms with Gasteiger partial charge in [-0.25, -0.2) is 0 Å². The lowest BCUT2D eigenvalue weighted by Crippen LogP contribution is -2.49. The molecule has 1 aromatic heterocycles. The second kappa shape index (κ2) is 7.21. The fourth-order valence-corrected chi connectivity index (χ4v) is 2.34. The van der Waals surface area contributed by atoms with Gasteiger partial charge in [0, 0.05) is 52.5 Å². The SMILES string of the molecule is C=CCNC(=O)CN1CCN(Cc2ccnn2C)CC1. The van der Waals surface area contributed by atoms with Crippen LogP contribution in [0.5, 0.6) is 0 Å². The smallest absolute Gasteiger partial charge is 0.234 e. The molecule has 2 heterocycles. The second-order valence-electron chi connectivity index (χ2n) is 5.09. The third-order valence-electron chi connectivity index (χ3n) is 3.58. The molecule has 1 aromatic rings. The molecule has 2 rings (SSSR count). The fraction of sp³-hybridized carbons (Fsp3) is 0.571. The average molecular weight is 277 g/mol. The first-order valence-corrected chi connectivity index (χ1v) is 6.98. The largest absolute Gasteiger partial charge is 0.352 e. The second-order valence-corrected chi connectivity index (χ2v) is 5.09. The summed E-state index contributed by atoms with van der Waals surface area (Å²) < 4.78 is 1.91. The Hall–Kier alpha value is -1.66. The molecule has 1 aliphatic rings. The van der Waals surface area contributed by atoms with Crippen molar-refractivity contribution in [3.05, 3.63) is 30.6 Å². The Morgan fingerprint density at radius 3 is 2.70 bits per heavy atom. The molecule has 1 aliphatic heterocycles. The molecule has 6 nitrogen and oxygen atoms in total. The summed E-state index contributed by atoms with van der Waals surface area (Å²) in [7, 11) is 1.97. The van der Waals surface area contributed by atoms with Crippen molar-refractivity contribution in [1.82, 2.24) is 24.9 Å². The van der Waals surface area contributed by atoms with Crippen molar-refractivity contribution in [2.45, 2.75) is 6.54 Å². The van der Waals surface area contributed by atoms with Gasteiger partial charge in [-0.3, -0.25) is 19.3 Å². The number of carbonyl (C=O) groups is 1. The molecule has 1 saturated heterocycles. The molecule has 1 fully saturated rings. The minimum Gasteiger partial charge on any atom is -0.352 e. The van der Waals surface area contributed by atoms with E-state index in [0.717, 1.165) is 32.7 Å². The van der Waals surface area contributed by atoms with E-state index in [1.165, 1.54) is 5.69 Å². The van der Waals surface area contributed by atoms with E-state index in [2.05, 4.69) is 32.9 Å². The quantitative estimate of drug-likeness (QED) is 0.734. The third-order valence-corrected chi connectivity index (χ3v) is 3.58. The lowest BCUT2D eigenvalue weighted by atomic mass is 10.3. The summed E-state index contributed by atoms with van der Waals surface area (Å²) in [6.45, 7) is 9.37. The van der Waals surface area contributed by atoms with Crippen molar-refractivity contribution in [3.8, 4) is 0 Å².